The summed E-state index contributed by atoms with van der Waals surface area (Å²) in [7, 11) is 0. The average Bonchev–Trinajstić information content (AvgIpc) is 3.11. The molecule has 0 saturated carbocycles. The number of aryl methyl sites for hydroxylation is 2. The molecule has 0 saturated heterocycles. The number of amides is 1. The van der Waals surface area contributed by atoms with E-state index in [9.17, 15) is 4.79 Å². The lowest BCUT2D eigenvalue weighted by Gasteiger charge is -2.08. The molecule has 2 aromatic carbocycles. The van der Waals surface area contributed by atoms with Gasteiger partial charge in [-0.15, -0.1) is 11.8 Å². The quantitative estimate of drug-likeness (QED) is 0.724. The number of fused-ring (bicyclic) bond motifs is 1. The van der Waals surface area contributed by atoms with Gasteiger partial charge in [0.05, 0.1) is 12.4 Å². The van der Waals surface area contributed by atoms with E-state index in [4.69, 9.17) is 4.74 Å². The van der Waals surface area contributed by atoms with Gasteiger partial charge in [0, 0.05) is 18.0 Å². The van der Waals surface area contributed by atoms with Crippen LogP contribution in [0.2, 0.25) is 0 Å². The lowest BCUT2D eigenvalue weighted by molar-refractivity contribution is -0.118. The van der Waals surface area contributed by atoms with E-state index in [1.54, 1.807) is 11.8 Å². The Hall–Kier alpha value is -1.78. The van der Waals surface area contributed by atoms with E-state index < -0.39 is 0 Å². The molecule has 1 aliphatic carbocycles. The highest BCUT2D eigenvalue weighted by atomic mass is 32.2. The molecule has 0 unspecified atom stereocenters. The molecule has 0 aliphatic heterocycles. The van der Waals surface area contributed by atoms with Gasteiger partial charge in [0.15, 0.2) is 0 Å². The van der Waals surface area contributed by atoms with Gasteiger partial charge in [-0.1, -0.05) is 30.3 Å². The molecular weight excluding hydrogens is 330 g/mol. The van der Waals surface area contributed by atoms with Gasteiger partial charge in [-0.25, -0.2) is 0 Å². The van der Waals surface area contributed by atoms with Crippen LogP contribution in [0.1, 0.15) is 35.6 Å². The van der Waals surface area contributed by atoms with E-state index in [-0.39, 0.29) is 5.91 Å². The fourth-order valence-electron chi connectivity index (χ4n) is 3.01. The molecule has 25 heavy (non-hydrogen) atoms. The fourth-order valence-corrected chi connectivity index (χ4v) is 3.80. The van der Waals surface area contributed by atoms with Gasteiger partial charge in [-0.2, -0.15) is 0 Å². The Kier molecular flexibility index (Phi) is 6.54. The Morgan fingerprint density at radius 2 is 1.84 bits per heavy atom. The summed E-state index contributed by atoms with van der Waals surface area (Å²) in [5.74, 6) is 0.533. The minimum Gasteiger partial charge on any atom is -0.377 e. The van der Waals surface area contributed by atoms with E-state index >= 15 is 0 Å². The smallest absolute Gasteiger partial charge is 0.230 e. The molecule has 0 heterocycles. The highest BCUT2D eigenvalue weighted by Gasteiger charge is 2.11. The summed E-state index contributed by atoms with van der Waals surface area (Å²) in [6, 6.07) is 14.8. The first-order valence-corrected chi connectivity index (χ1v) is 9.90. The molecule has 0 spiro atoms. The standard InChI is InChI=1S/C21H25NO2S/c1-2-24-14-17-8-6-16(7-9-17)13-22-21(23)15-25-20-11-10-18-4-3-5-19(18)12-20/h6-12H,2-5,13-15H2,1H3,(H,22,23). The van der Waals surface area contributed by atoms with E-state index in [2.05, 4.69) is 35.6 Å². The molecule has 1 aliphatic rings. The van der Waals surface area contributed by atoms with Crippen molar-refractivity contribution in [3.63, 3.8) is 0 Å². The molecule has 132 valence electrons. The van der Waals surface area contributed by atoms with Gasteiger partial charge in [0.2, 0.25) is 5.91 Å². The minimum absolute atomic E-state index is 0.0730. The summed E-state index contributed by atoms with van der Waals surface area (Å²) in [6.07, 6.45) is 3.63. The first-order chi connectivity index (χ1) is 12.2. The number of carbonyl (C=O) groups excluding carboxylic acids is 1. The van der Waals surface area contributed by atoms with E-state index in [0.717, 1.165) is 17.7 Å². The second kappa shape index (κ2) is 9.07. The van der Waals surface area contributed by atoms with Crippen molar-refractivity contribution < 1.29 is 9.53 Å². The Balaban J connectivity index is 1.42. The number of hydrogen-bond donors (Lipinski definition) is 1. The van der Waals surface area contributed by atoms with E-state index in [1.165, 1.54) is 35.3 Å². The number of carbonyl (C=O) groups is 1. The number of thioether (sulfide) groups is 1. The maximum absolute atomic E-state index is 12.1. The third kappa shape index (κ3) is 5.35. The van der Waals surface area contributed by atoms with E-state index in [1.807, 2.05) is 19.1 Å². The SMILES string of the molecule is CCOCc1ccc(CNC(=O)CSc2ccc3c(c2)CCC3)cc1. The predicted octanol–water partition coefficient (Wildman–Crippen LogP) is 4.12. The van der Waals surface area contributed by atoms with Gasteiger partial charge >= 0.3 is 0 Å². The largest absolute Gasteiger partial charge is 0.377 e. The highest BCUT2D eigenvalue weighted by Crippen LogP contribution is 2.27. The highest BCUT2D eigenvalue weighted by molar-refractivity contribution is 8.00. The lowest BCUT2D eigenvalue weighted by Crippen LogP contribution is -2.24. The third-order valence-electron chi connectivity index (χ3n) is 4.43. The fraction of sp³-hybridized carbons (Fsp3) is 0.381. The number of nitrogens with one attached hydrogen (secondary N) is 1. The summed E-state index contributed by atoms with van der Waals surface area (Å²) in [6.45, 7) is 3.92. The number of ether oxygens (including phenoxy) is 1. The summed E-state index contributed by atoms with van der Waals surface area (Å²) in [5.41, 5.74) is 5.19. The Morgan fingerprint density at radius 1 is 1.08 bits per heavy atom. The predicted molar refractivity (Wildman–Crippen MR) is 103 cm³/mol. The van der Waals surface area contributed by atoms with Crippen LogP contribution in [0.15, 0.2) is 47.4 Å². The van der Waals surface area contributed by atoms with Crippen LogP contribution in [0.5, 0.6) is 0 Å². The van der Waals surface area contributed by atoms with Gasteiger partial charge in [-0.3, -0.25) is 4.79 Å². The molecule has 3 nitrogen and oxygen atoms in total. The second-order valence-electron chi connectivity index (χ2n) is 6.30. The molecule has 3 rings (SSSR count). The van der Waals surface area contributed by atoms with Gasteiger partial charge in [0.25, 0.3) is 0 Å². The molecule has 0 atom stereocenters. The molecule has 0 fully saturated rings. The Labute approximate surface area is 154 Å². The van der Waals surface area contributed by atoms with Crippen molar-refractivity contribution in [3.05, 3.63) is 64.7 Å². The molecule has 2 aromatic rings. The number of benzene rings is 2. The summed E-state index contributed by atoms with van der Waals surface area (Å²) in [4.78, 5) is 13.3. The van der Waals surface area contributed by atoms with Crippen molar-refractivity contribution in [2.24, 2.45) is 0 Å². The van der Waals surface area contributed by atoms with Crippen molar-refractivity contribution in [1.29, 1.82) is 0 Å². The van der Waals surface area contributed by atoms with E-state index in [0.29, 0.717) is 18.9 Å². The van der Waals surface area contributed by atoms with Crippen LogP contribution in [-0.4, -0.2) is 18.3 Å². The van der Waals surface area contributed by atoms with Crippen molar-refractivity contribution in [1.82, 2.24) is 5.32 Å². The van der Waals surface area contributed by atoms with Crippen LogP contribution in [0.25, 0.3) is 0 Å². The molecule has 1 N–H and O–H groups in total. The first kappa shape index (κ1) is 18.0. The molecule has 0 aromatic heterocycles. The average molecular weight is 356 g/mol. The van der Waals surface area contributed by atoms with Crippen LogP contribution >= 0.6 is 11.8 Å². The van der Waals surface area contributed by atoms with Crippen molar-refractivity contribution >= 4 is 17.7 Å². The Bertz CT molecular complexity index is 712. The molecule has 4 heteroatoms. The molecule has 0 radical (unpaired) electrons. The molecule has 1 amide bonds. The zero-order valence-corrected chi connectivity index (χ0v) is 15.5. The van der Waals surface area contributed by atoms with Crippen LogP contribution < -0.4 is 5.32 Å². The van der Waals surface area contributed by atoms with Gasteiger partial charge in [-0.05, 0) is 60.6 Å². The second-order valence-corrected chi connectivity index (χ2v) is 7.35. The number of rotatable bonds is 8. The van der Waals surface area contributed by atoms with Crippen LogP contribution in [0, 0.1) is 0 Å². The zero-order chi connectivity index (χ0) is 17.5. The Morgan fingerprint density at radius 3 is 2.64 bits per heavy atom. The molecule has 0 bridgehead atoms. The summed E-state index contributed by atoms with van der Waals surface area (Å²) in [5, 5.41) is 2.99. The monoisotopic (exact) mass is 355 g/mol. The van der Waals surface area contributed by atoms with Crippen molar-refractivity contribution in [2.45, 2.75) is 44.2 Å². The van der Waals surface area contributed by atoms with Crippen molar-refractivity contribution in [3.8, 4) is 0 Å². The summed E-state index contributed by atoms with van der Waals surface area (Å²) < 4.78 is 5.39. The topological polar surface area (TPSA) is 38.3 Å². The minimum atomic E-state index is 0.0730. The zero-order valence-electron chi connectivity index (χ0n) is 14.7. The van der Waals surface area contributed by atoms with Crippen LogP contribution in [-0.2, 0) is 35.5 Å². The summed E-state index contributed by atoms with van der Waals surface area (Å²) >= 11 is 1.61. The lowest BCUT2D eigenvalue weighted by atomic mass is 10.1. The van der Waals surface area contributed by atoms with Crippen LogP contribution in [0.4, 0.5) is 0 Å². The van der Waals surface area contributed by atoms with Gasteiger partial charge in [0.1, 0.15) is 0 Å². The van der Waals surface area contributed by atoms with Gasteiger partial charge < -0.3 is 10.1 Å². The van der Waals surface area contributed by atoms with Crippen LogP contribution in [0.3, 0.4) is 0 Å². The number of hydrogen-bond acceptors (Lipinski definition) is 3. The maximum atomic E-state index is 12.1. The van der Waals surface area contributed by atoms with Crippen molar-refractivity contribution in [2.75, 3.05) is 12.4 Å². The first-order valence-electron chi connectivity index (χ1n) is 8.91. The molecular formula is C21H25NO2S. The third-order valence-corrected chi connectivity index (χ3v) is 5.42. The normalized spacial score (nSPS) is 12.8. The maximum Gasteiger partial charge on any atom is 0.230 e.